The summed E-state index contributed by atoms with van der Waals surface area (Å²) < 4.78 is 25.8. The van der Waals surface area contributed by atoms with Crippen LogP contribution in [-0.2, 0) is 4.79 Å². The van der Waals surface area contributed by atoms with E-state index in [-0.39, 0.29) is 0 Å². The topological polar surface area (TPSA) is 87.4 Å². The summed E-state index contributed by atoms with van der Waals surface area (Å²) in [5.74, 6) is -4.05. The lowest BCUT2D eigenvalue weighted by molar-refractivity contribution is -0.142. The Bertz CT molecular complexity index is 455. The molecule has 0 saturated carbocycles. The number of carbonyl (C=O) groups is 1. The molecule has 1 fully saturated rings. The maximum absolute atomic E-state index is 13.1. The Kier molecular flexibility index (Phi) is 3.05. The Morgan fingerprint density at radius 2 is 2.00 bits per heavy atom. The smallest absolute Gasteiger partial charge is 0.311 e. The third kappa shape index (κ3) is 2.12. The third-order valence-corrected chi connectivity index (χ3v) is 2.74. The number of hydrogen-bond acceptors (Lipinski definition) is 4. The number of rotatable bonds is 2. The average Bonchev–Trinajstić information content (AvgIpc) is 2.64. The quantitative estimate of drug-likeness (QED) is 0.591. The zero-order valence-electron chi connectivity index (χ0n) is 8.65. The number of aliphatic carboxylic acids is 1. The lowest BCUT2D eigenvalue weighted by Gasteiger charge is -2.16. The molecule has 17 heavy (non-hydrogen) atoms. The third-order valence-electron chi connectivity index (χ3n) is 2.74. The van der Waals surface area contributed by atoms with Crippen LogP contribution in [0.5, 0.6) is 0 Å². The molecule has 5 nitrogen and oxygen atoms in total. The van der Waals surface area contributed by atoms with Gasteiger partial charge in [-0.1, -0.05) is 6.07 Å². The van der Waals surface area contributed by atoms with Crippen LogP contribution in [0.25, 0.3) is 0 Å². The van der Waals surface area contributed by atoms with Crippen LogP contribution in [0.3, 0.4) is 0 Å². The van der Waals surface area contributed by atoms with Crippen LogP contribution < -0.4 is 16.6 Å². The number of hydrogen-bond donors (Lipinski definition) is 4. The van der Waals surface area contributed by atoms with Crippen molar-refractivity contribution < 1.29 is 18.7 Å². The van der Waals surface area contributed by atoms with Crippen LogP contribution in [0.1, 0.15) is 11.6 Å². The second-order valence-electron chi connectivity index (χ2n) is 3.83. The molecule has 0 radical (unpaired) electrons. The molecule has 1 aromatic carbocycles. The molecule has 3 atom stereocenters. The number of carboxylic acid groups (broad SMARTS) is 1. The highest BCUT2D eigenvalue weighted by Gasteiger charge is 2.40. The van der Waals surface area contributed by atoms with Crippen molar-refractivity contribution in [3.63, 3.8) is 0 Å². The van der Waals surface area contributed by atoms with Crippen molar-refractivity contribution in [3.8, 4) is 0 Å². The van der Waals surface area contributed by atoms with Crippen LogP contribution in [-0.4, -0.2) is 17.2 Å². The fourth-order valence-corrected chi connectivity index (χ4v) is 1.87. The van der Waals surface area contributed by atoms with Crippen LogP contribution in [0.4, 0.5) is 8.78 Å². The van der Waals surface area contributed by atoms with E-state index in [1.165, 1.54) is 6.07 Å². The fourth-order valence-electron chi connectivity index (χ4n) is 1.87. The maximum Gasteiger partial charge on any atom is 0.311 e. The van der Waals surface area contributed by atoms with E-state index < -0.39 is 35.7 Å². The van der Waals surface area contributed by atoms with Gasteiger partial charge in [-0.15, -0.1) is 0 Å². The Morgan fingerprint density at radius 1 is 1.29 bits per heavy atom. The molecule has 0 bridgehead atoms. The van der Waals surface area contributed by atoms with Gasteiger partial charge in [0.2, 0.25) is 0 Å². The van der Waals surface area contributed by atoms with E-state index in [1.807, 2.05) is 0 Å². The van der Waals surface area contributed by atoms with Gasteiger partial charge in [-0.2, -0.15) is 0 Å². The highest BCUT2D eigenvalue weighted by Crippen LogP contribution is 2.28. The van der Waals surface area contributed by atoms with Crippen molar-refractivity contribution in [2.24, 2.45) is 11.7 Å². The minimum absolute atomic E-state index is 0.330. The first-order chi connectivity index (χ1) is 8.00. The average molecular weight is 243 g/mol. The molecule has 0 aliphatic carbocycles. The van der Waals surface area contributed by atoms with Crippen LogP contribution in [0.2, 0.25) is 0 Å². The Hall–Kier alpha value is -1.57. The summed E-state index contributed by atoms with van der Waals surface area (Å²) in [6, 6.07) is 2.54. The Labute approximate surface area is 95.6 Å². The standard InChI is InChI=1S/C10H11F2N3O2/c11-5-2-1-4(3-6(5)12)8-7(10(16)17)9(13)15-14-8/h1-3,7-9,14-15H,13H2,(H,16,17). The second-order valence-corrected chi connectivity index (χ2v) is 3.83. The van der Waals surface area contributed by atoms with Gasteiger partial charge >= 0.3 is 5.97 Å². The van der Waals surface area contributed by atoms with Gasteiger partial charge in [0, 0.05) is 0 Å². The van der Waals surface area contributed by atoms with E-state index in [9.17, 15) is 13.6 Å². The van der Waals surface area contributed by atoms with Gasteiger partial charge in [0.15, 0.2) is 11.6 Å². The minimum atomic E-state index is -1.11. The number of nitrogens with one attached hydrogen (secondary N) is 2. The maximum atomic E-state index is 13.1. The van der Waals surface area contributed by atoms with Crippen molar-refractivity contribution in [3.05, 3.63) is 35.4 Å². The molecule has 1 aromatic rings. The highest BCUT2D eigenvalue weighted by atomic mass is 19.2. The normalized spacial score (nSPS) is 28.3. The van der Waals surface area contributed by atoms with E-state index in [0.29, 0.717) is 5.56 Å². The zero-order chi connectivity index (χ0) is 12.6. The molecule has 0 amide bonds. The number of hydrazine groups is 1. The van der Waals surface area contributed by atoms with Gasteiger partial charge in [0.05, 0.1) is 12.2 Å². The van der Waals surface area contributed by atoms with Crippen molar-refractivity contribution in [1.82, 2.24) is 10.9 Å². The van der Waals surface area contributed by atoms with E-state index in [0.717, 1.165) is 12.1 Å². The van der Waals surface area contributed by atoms with Crippen molar-refractivity contribution >= 4 is 5.97 Å². The number of halogens is 2. The summed E-state index contributed by atoms with van der Waals surface area (Å²) in [4.78, 5) is 11.0. The van der Waals surface area contributed by atoms with E-state index in [2.05, 4.69) is 10.9 Å². The molecule has 3 unspecified atom stereocenters. The van der Waals surface area contributed by atoms with E-state index in [4.69, 9.17) is 10.8 Å². The monoisotopic (exact) mass is 243 g/mol. The summed E-state index contributed by atoms with van der Waals surface area (Å²) in [6.45, 7) is 0. The molecule has 92 valence electrons. The second kappa shape index (κ2) is 4.36. The molecule has 0 aromatic heterocycles. The van der Waals surface area contributed by atoms with Gasteiger partial charge in [-0.25, -0.2) is 19.6 Å². The molecule has 5 N–H and O–H groups in total. The molecule has 1 saturated heterocycles. The molecular formula is C10H11F2N3O2. The lowest BCUT2D eigenvalue weighted by Crippen LogP contribution is -2.41. The first kappa shape index (κ1) is 11.9. The zero-order valence-corrected chi connectivity index (χ0v) is 8.65. The Morgan fingerprint density at radius 3 is 2.59 bits per heavy atom. The number of carboxylic acids is 1. The van der Waals surface area contributed by atoms with Gasteiger partial charge < -0.3 is 10.8 Å². The first-order valence-corrected chi connectivity index (χ1v) is 4.95. The predicted molar refractivity (Wildman–Crippen MR) is 54.5 cm³/mol. The Balaban J connectivity index is 2.32. The fraction of sp³-hybridized carbons (Fsp3) is 0.300. The summed E-state index contributed by atoms with van der Waals surface area (Å²) in [7, 11) is 0. The lowest BCUT2D eigenvalue weighted by atomic mass is 9.93. The predicted octanol–water partition coefficient (Wildman–Crippen LogP) is 0.0993. The SMILES string of the molecule is NC1NNC(c2ccc(F)c(F)c2)C1C(=O)O. The molecule has 0 spiro atoms. The van der Waals surface area contributed by atoms with Gasteiger partial charge in [-0.05, 0) is 17.7 Å². The number of benzene rings is 1. The van der Waals surface area contributed by atoms with Crippen LogP contribution in [0, 0.1) is 17.6 Å². The van der Waals surface area contributed by atoms with Gasteiger partial charge in [0.1, 0.15) is 5.92 Å². The van der Waals surface area contributed by atoms with Gasteiger partial charge in [0.25, 0.3) is 0 Å². The summed E-state index contributed by atoms with van der Waals surface area (Å²) in [5.41, 5.74) is 11.1. The largest absolute Gasteiger partial charge is 0.481 e. The van der Waals surface area contributed by atoms with Crippen molar-refractivity contribution in [2.75, 3.05) is 0 Å². The molecular weight excluding hydrogens is 232 g/mol. The van der Waals surface area contributed by atoms with Crippen LogP contribution in [0.15, 0.2) is 18.2 Å². The van der Waals surface area contributed by atoms with Crippen molar-refractivity contribution in [2.45, 2.75) is 12.2 Å². The molecule has 1 aliphatic rings. The summed E-state index contributed by atoms with van der Waals surface area (Å²) in [6.07, 6.45) is -0.786. The number of nitrogens with two attached hydrogens (primary N) is 1. The van der Waals surface area contributed by atoms with E-state index in [1.54, 1.807) is 0 Å². The minimum Gasteiger partial charge on any atom is -0.481 e. The molecule has 1 heterocycles. The summed E-state index contributed by atoms with van der Waals surface area (Å²) in [5, 5.41) is 9.01. The molecule has 2 rings (SSSR count). The first-order valence-electron chi connectivity index (χ1n) is 4.95. The van der Waals surface area contributed by atoms with Crippen molar-refractivity contribution in [1.29, 1.82) is 0 Å². The molecule has 1 aliphatic heterocycles. The molecule has 7 heteroatoms. The van der Waals surface area contributed by atoms with E-state index >= 15 is 0 Å². The summed E-state index contributed by atoms with van der Waals surface area (Å²) >= 11 is 0. The highest BCUT2D eigenvalue weighted by molar-refractivity contribution is 5.72. The van der Waals surface area contributed by atoms with Crippen LogP contribution >= 0.6 is 0 Å². The van der Waals surface area contributed by atoms with Gasteiger partial charge in [-0.3, -0.25) is 4.79 Å².